The molecule has 1 fully saturated rings. The zero-order valence-corrected chi connectivity index (χ0v) is 19.5. The Labute approximate surface area is 190 Å². The number of hydrogen-bond donors (Lipinski definition) is 1. The molecule has 3 atom stereocenters. The molecule has 0 saturated heterocycles. The van der Waals surface area contributed by atoms with Gasteiger partial charge in [0.2, 0.25) is 5.91 Å². The lowest BCUT2D eigenvalue weighted by atomic mass is 9.83. The van der Waals surface area contributed by atoms with Crippen molar-refractivity contribution in [3.8, 4) is 5.75 Å². The minimum absolute atomic E-state index is 0.0307. The van der Waals surface area contributed by atoms with Gasteiger partial charge in [0.15, 0.2) is 0 Å². The molecular weight excluding hydrogens is 404 g/mol. The third-order valence-electron chi connectivity index (χ3n) is 6.15. The second-order valence-electron chi connectivity index (χ2n) is 8.44. The lowest BCUT2D eigenvalue weighted by Gasteiger charge is -2.38. The van der Waals surface area contributed by atoms with Crippen molar-refractivity contribution in [1.29, 1.82) is 0 Å². The predicted molar refractivity (Wildman–Crippen MR) is 124 cm³/mol. The molecule has 2 aromatic rings. The van der Waals surface area contributed by atoms with Gasteiger partial charge in [-0.2, -0.15) is 0 Å². The number of nitrogens with one attached hydrogen (secondary N) is 1. The maximum atomic E-state index is 13.3. The van der Waals surface area contributed by atoms with Gasteiger partial charge in [-0.15, -0.1) is 5.06 Å². The smallest absolute Gasteiger partial charge is 0.337 e. The van der Waals surface area contributed by atoms with Crippen LogP contribution in [0.4, 0.5) is 0 Å². The topological polar surface area (TPSA) is 67.9 Å². The maximum absolute atomic E-state index is 13.3. The average Bonchev–Trinajstić information content (AvgIpc) is 2.82. The summed E-state index contributed by atoms with van der Waals surface area (Å²) >= 11 is 0. The van der Waals surface area contributed by atoms with E-state index in [-0.39, 0.29) is 29.9 Å². The lowest BCUT2D eigenvalue weighted by Crippen LogP contribution is -2.50. The van der Waals surface area contributed by atoms with Crippen LogP contribution in [0.5, 0.6) is 5.75 Å². The van der Waals surface area contributed by atoms with Crippen molar-refractivity contribution in [3.63, 3.8) is 0 Å². The summed E-state index contributed by atoms with van der Waals surface area (Å²) in [4.78, 5) is 31.1. The number of rotatable bonds is 8. The Balaban J connectivity index is 1.68. The van der Waals surface area contributed by atoms with Crippen molar-refractivity contribution in [2.45, 2.75) is 58.5 Å². The Kier molecular flexibility index (Phi) is 8.28. The van der Waals surface area contributed by atoms with Crippen LogP contribution in [0.1, 0.15) is 67.1 Å². The minimum Gasteiger partial charge on any atom is -0.465 e. The van der Waals surface area contributed by atoms with Crippen molar-refractivity contribution in [1.82, 2.24) is 10.4 Å². The molecule has 2 unspecified atom stereocenters. The number of carbonyl (C=O) groups excluding carboxylic acids is 2. The third-order valence-corrected chi connectivity index (χ3v) is 6.15. The van der Waals surface area contributed by atoms with Gasteiger partial charge < -0.3 is 14.9 Å². The first kappa shape index (κ1) is 23.8. The number of amides is 1. The fourth-order valence-corrected chi connectivity index (χ4v) is 4.37. The highest BCUT2D eigenvalue weighted by Gasteiger charge is 2.36. The zero-order valence-electron chi connectivity index (χ0n) is 19.5. The van der Waals surface area contributed by atoms with Gasteiger partial charge in [0.05, 0.1) is 30.7 Å². The molecule has 1 N–H and O–H groups in total. The van der Waals surface area contributed by atoms with Crippen molar-refractivity contribution in [2.75, 3.05) is 13.7 Å². The molecular formula is C26H34N2O4. The van der Waals surface area contributed by atoms with Crippen LogP contribution < -0.4 is 10.2 Å². The van der Waals surface area contributed by atoms with Gasteiger partial charge in [-0.1, -0.05) is 37.1 Å². The molecule has 0 radical (unpaired) electrons. The second-order valence-corrected chi connectivity index (χ2v) is 8.44. The van der Waals surface area contributed by atoms with E-state index in [4.69, 9.17) is 9.57 Å². The SMILES string of the molecule is CCN(Oc1cccc(C)c1)C1CCCCC1C(=O)N[C@@H](C)c1ccc(C(=O)OC)cc1. The molecule has 1 aliphatic carbocycles. The van der Waals surface area contributed by atoms with Gasteiger partial charge in [0.1, 0.15) is 5.75 Å². The van der Waals surface area contributed by atoms with Gasteiger partial charge in [-0.3, -0.25) is 4.79 Å². The van der Waals surface area contributed by atoms with E-state index >= 15 is 0 Å². The summed E-state index contributed by atoms with van der Waals surface area (Å²) in [6.07, 6.45) is 3.91. The molecule has 0 heterocycles. The molecule has 1 amide bonds. The maximum Gasteiger partial charge on any atom is 0.337 e. The van der Waals surface area contributed by atoms with E-state index in [9.17, 15) is 9.59 Å². The highest BCUT2D eigenvalue weighted by molar-refractivity contribution is 5.89. The van der Waals surface area contributed by atoms with E-state index in [1.165, 1.54) is 7.11 Å². The number of benzene rings is 2. The quantitative estimate of drug-likeness (QED) is 0.472. The third kappa shape index (κ3) is 5.88. The predicted octanol–water partition coefficient (Wildman–Crippen LogP) is 4.83. The van der Waals surface area contributed by atoms with E-state index in [0.717, 1.165) is 42.6 Å². The molecule has 0 aliphatic heterocycles. The molecule has 2 aromatic carbocycles. The van der Waals surface area contributed by atoms with E-state index in [0.29, 0.717) is 12.1 Å². The Hall–Kier alpha value is -2.86. The number of aryl methyl sites for hydroxylation is 1. The average molecular weight is 439 g/mol. The summed E-state index contributed by atoms with van der Waals surface area (Å²) in [5, 5.41) is 5.14. The Morgan fingerprint density at radius 1 is 1.12 bits per heavy atom. The molecule has 0 aromatic heterocycles. The fourth-order valence-electron chi connectivity index (χ4n) is 4.37. The number of ether oxygens (including phenoxy) is 1. The van der Waals surface area contributed by atoms with Gasteiger partial charge in [0, 0.05) is 6.54 Å². The van der Waals surface area contributed by atoms with Crippen LogP contribution in [0.2, 0.25) is 0 Å². The zero-order chi connectivity index (χ0) is 23.1. The molecule has 3 rings (SSSR count). The fraction of sp³-hybridized carbons (Fsp3) is 0.462. The van der Waals surface area contributed by atoms with Crippen LogP contribution >= 0.6 is 0 Å². The summed E-state index contributed by atoms with van der Waals surface area (Å²) in [5.74, 6) is 0.345. The van der Waals surface area contributed by atoms with Crippen LogP contribution in [0.25, 0.3) is 0 Å². The van der Waals surface area contributed by atoms with Crippen LogP contribution in [0, 0.1) is 12.8 Å². The van der Waals surface area contributed by atoms with Crippen molar-refractivity contribution in [2.24, 2.45) is 5.92 Å². The first-order valence-corrected chi connectivity index (χ1v) is 11.4. The van der Waals surface area contributed by atoms with E-state index in [1.54, 1.807) is 12.1 Å². The highest BCUT2D eigenvalue weighted by Crippen LogP contribution is 2.30. The number of hydrogen-bond acceptors (Lipinski definition) is 5. The summed E-state index contributed by atoms with van der Waals surface area (Å²) in [6.45, 7) is 6.76. The molecule has 0 spiro atoms. The van der Waals surface area contributed by atoms with Crippen LogP contribution in [0.15, 0.2) is 48.5 Å². The van der Waals surface area contributed by atoms with Crippen molar-refractivity contribution < 1.29 is 19.2 Å². The standard InChI is InChI=1S/C26H34N2O4/c1-5-28(32-22-10-8-9-18(2)17-22)24-12-7-6-11-23(24)25(29)27-19(3)20-13-15-21(16-14-20)26(30)31-4/h8-10,13-17,19,23-24H,5-7,11-12H2,1-4H3,(H,27,29)/t19-,23?,24?/m0/s1. The van der Waals surface area contributed by atoms with Gasteiger partial charge >= 0.3 is 5.97 Å². The Morgan fingerprint density at radius 3 is 2.50 bits per heavy atom. The van der Waals surface area contributed by atoms with Crippen LogP contribution in [0.3, 0.4) is 0 Å². The van der Waals surface area contributed by atoms with E-state index in [2.05, 4.69) is 12.2 Å². The van der Waals surface area contributed by atoms with E-state index < -0.39 is 0 Å². The molecule has 6 heteroatoms. The number of carbonyl (C=O) groups is 2. The van der Waals surface area contributed by atoms with Gasteiger partial charge in [-0.05, 0) is 69.0 Å². The Bertz CT molecular complexity index is 912. The minimum atomic E-state index is -0.369. The number of hydroxylamine groups is 2. The summed E-state index contributed by atoms with van der Waals surface area (Å²) in [5.41, 5.74) is 2.58. The lowest BCUT2D eigenvalue weighted by molar-refractivity contribution is -0.145. The van der Waals surface area contributed by atoms with Gasteiger partial charge in [0.25, 0.3) is 0 Å². The first-order valence-electron chi connectivity index (χ1n) is 11.4. The van der Waals surface area contributed by atoms with E-state index in [1.807, 2.05) is 55.3 Å². The number of methoxy groups -OCH3 is 1. The molecule has 1 saturated carbocycles. The van der Waals surface area contributed by atoms with Crippen molar-refractivity contribution >= 4 is 11.9 Å². The molecule has 1 aliphatic rings. The number of esters is 1. The van der Waals surface area contributed by atoms with Crippen LogP contribution in [-0.2, 0) is 9.53 Å². The summed E-state index contributed by atoms with van der Waals surface area (Å²) < 4.78 is 4.75. The largest absolute Gasteiger partial charge is 0.465 e. The molecule has 32 heavy (non-hydrogen) atoms. The summed E-state index contributed by atoms with van der Waals surface area (Å²) in [6, 6.07) is 15.0. The van der Waals surface area contributed by atoms with Gasteiger partial charge in [-0.25, -0.2) is 4.79 Å². The van der Waals surface area contributed by atoms with Crippen LogP contribution in [-0.4, -0.2) is 36.6 Å². The molecule has 172 valence electrons. The van der Waals surface area contributed by atoms with Crippen molar-refractivity contribution in [3.05, 3.63) is 65.2 Å². The Morgan fingerprint density at radius 2 is 1.84 bits per heavy atom. The highest BCUT2D eigenvalue weighted by atomic mass is 16.7. The molecule has 6 nitrogen and oxygen atoms in total. The second kappa shape index (κ2) is 11.1. The molecule has 0 bridgehead atoms. The number of nitrogens with zero attached hydrogens (tertiary/aromatic N) is 1. The first-order chi connectivity index (χ1) is 15.4. The monoisotopic (exact) mass is 438 g/mol. The normalized spacial score (nSPS) is 19.3. The summed E-state index contributed by atoms with van der Waals surface area (Å²) in [7, 11) is 1.36.